The second-order valence-corrected chi connectivity index (χ2v) is 14.5. The predicted molar refractivity (Wildman–Crippen MR) is 221 cm³/mol. The van der Waals surface area contributed by atoms with Gasteiger partial charge in [0.2, 0.25) is 0 Å². The monoisotopic (exact) mass is 690 g/mol. The molecule has 0 bridgehead atoms. The number of anilines is 4. The largest absolute Gasteiger partial charge is 0.457 e. The van der Waals surface area contributed by atoms with Crippen LogP contribution >= 0.6 is 0 Å². The van der Waals surface area contributed by atoms with Gasteiger partial charge in [0.15, 0.2) is 0 Å². The zero-order valence-corrected chi connectivity index (χ0v) is 30.6. The van der Waals surface area contributed by atoms with Crippen molar-refractivity contribution in [3.8, 4) is 28.4 Å². The smallest absolute Gasteiger partial charge is 0.138 e. The van der Waals surface area contributed by atoms with Gasteiger partial charge < -0.3 is 14.5 Å². The van der Waals surface area contributed by atoms with Crippen LogP contribution in [0.4, 0.5) is 22.7 Å². The molecule has 0 spiro atoms. The van der Waals surface area contributed by atoms with Gasteiger partial charge in [-0.05, 0) is 101 Å². The summed E-state index contributed by atoms with van der Waals surface area (Å²) in [6.07, 6.45) is 1.95. The Morgan fingerprint density at radius 2 is 1.15 bits per heavy atom. The van der Waals surface area contributed by atoms with E-state index < -0.39 is 0 Å². The van der Waals surface area contributed by atoms with Gasteiger partial charge >= 0.3 is 0 Å². The number of para-hydroxylation sites is 4. The number of nitrogens with zero attached hydrogens (tertiary/aromatic N) is 4. The molecule has 0 fully saturated rings. The van der Waals surface area contributed by atoms with E-state index in [1.807, 2.05) is 12.3 Å². The molecule has 8 aromatic rings. The fourth-order valence-corrected chi connectivity index (χ4v) is 7.96. The molecule has 0 saturated carbocycles. The number of pyridine rings is 1. The van der Waals surface area contributed by atoms with E-state index in [9.17, 15) is 0 Å². The maximum Gasteiger partial charge on any atom is 0.138 e. The molecule has 1 aliphatic rings. The second-order valence-electron chi connectivity index (χ2n) is 14.5. The molecule has 260 valence electrons. The minimum Gasteiger partial charge on any atom is -0.457 e. The van der Waals surface area contributed by atoms with Crippen molar-refractivity contribution >= 4 is 44.6 Å². The van der Waals surface area contributed by atoms with Gasteiger partial charge in [-0.15, -0.1) is 0 Å². The lowest BCUT2D eigenvalue weighted by Gasteiger charge is -2.22. The van der Waals surface area contributed by atoms with Crippen LogP contribution in [0.5, 0.6) is 11.5 Å². The van der Waals surface area contributed by atoms with Gasteiger partial charge in [0.1, 0.15) is 24.0 Å². The summed E-state index contributed by atoms with van der Waals surface area (Å²) < 4.78 is 8.96. The molecular weight excluding hydrogens is 649 g/mol. The standard InChI is InChI=1S/C48H42N4O/c1-32(2)39-19-13-20-40(33(3)4)48(39)34-26-27-49-47(28-34)52-43-21-9-8-18-41(43)42-25-24-38(30-46(42)52)53-37-17-12-16-36(29-37)51-31-50(35-14-6-5-7-15-35)44-22-10-11-23-45(44)51/h5-30,32-33H,31H2,1-4H3. The van der Waals surface area contributed by atoms with E-state index in [0.717, 1.165) is 39.4 Å². The third-order valence-corrected chi connectivity index (χ3v) is 10.5. The first kappa shape index (κ1) is 32.6. The van der Waals surface area contributed by atoms with Crippen molar-refractivity contribution in [1.82, 2.24) is 9.55 Å². The maximum absolute atomic E-state index is 6.68. The van der Waals surface area contributed by atoms with Crippen molar-refractivity contribution in [3.05, 3.63) is 169 Å². The van der Waals surface area contributed by atoms with Crippen LogP contribution in [0.2, 0.25) is 0 Å². The molecule has 0 atom stereocenters. The Morgan fingerprint density at radius 1 is 0.528 bits per heavy atom. The van der Waals surface area contributed by atoms with Crippen LogP contribution in [0.25, 0.3) is 38.8 Å². The van der Waals surface area contributed by atoms with Gasteiger partial charge in [-0.3, -0.25) is 4.57 Å². The van der Waals surface area contributed by atoms with Crippen molar-refractivity contribution in [2.24, 2.45) is 0 Å². The first-order valence-corrected chi connectivity index (χ1v) is 18.5. The molecule has 3 heterocycles. The molecule has 0 saturated heterocycles. The summed E-state index contributed by atoms with van der Waals surface area (Å²) in [6.45, 7) is 9.82. The van der Waals surface area contributed by atoms with E-state index in [4.69, 9.17) is 9.72 Å². The molecule has 53 heavy (non-hydrogen) atoms. The minimum atomic E-state index is 0.398. The Bertz CT molecular complexity index is 2580. The molecular formula is C48H42N4O. The quantitative estimate of drug-likeness (QED) is 0.159. The van der Waals surface area contributed by atoms with Gasteiger partial charge in [0.05, 0.1) is 22.4 Å². The van der Waals surface area contributed by atoms with Gasteiger partial charge in [-0.2, -0.15) is 0 Å². The van der Waals surface area contributed by atoms with Crippen LogP contribution in [-0.4, -0.2) is 16.2 Å². The maximum atomic E-state index is 6.68. The van der Waals surface area contributed by atoms with Crippen LogP contribution in [-0.2, 0) is 0 Å². The third-order valence-electron chi connectivity index (χ3n) is 10.5. The summed E-state index contributed by atoms with van der Waals surface area (Å²) in [5.74, 6) is 3.24. The molecule has 2 aromatic heterocycles. The summed E-state index contributed by atoms with van der Waals surface area (Å²) in [5.41, 5.74) is 12.0. The van der Waals surface area contributed by atoms with E-state index in [1.165, 1.54) is 44.7 Å². The third kappa shape index (κ3) is 5.79. The Balaban J connectivity index is 1.10. The number of aromatic nitrogens is 2. The van der Waals surface area contributed by atoms with E-state index in [0.29, 0.717) is 18.5 Å². The van der Waals surface area contributed by atoms with Crippen LogP contribution < -0.4 is 14.5 Å². The number of ether oxygens (including phenoxy) is 1. The zero-order chi connectivity index (χ0) is 36.1. The van der Waals surface area contributed by atoms with E-state index in [1.54, 1.807) is 0 Å². The second kappa shape index (κ2) is 13.3. The van der Waals surface area contributed by atoms with E-state index in [-0.39, 0.29) is 0 Å². The zero-order valence-electron chi connectivity index (χ0n) is 30.6. The highest BCUT2D eigenvalue weighted by Crippen LogP contribution is 2.45. The molecule has 9 rings (SSSR count). The summed E-state index contributed by atoms with van der Waals surface area (Å²) in [6, 6.07) is 53.7. The fourth-order valence-electron chi connectivity index (χ4n) is 7.96. The predicted octanol–water partition coefficient (Wildman–Crippen LogP) is 13.1. The highest BCUT2D eigenvalue weighted by atomic mass is 16.5. The van der Waals surface area contributed by atoms with Crippen molar-refractivity contribution < 1.29 is 4.74 Å². The summed E-state index contributed by atoms with van der Waals surface area (Å²) in [5, 5.41) is 2.35. The van der Waals surface area contributed by atoms with Gasteiger partial charge in [-0.25, -0.2) is 4.98 Å². The molecule has 0 unspecified atom stereocenters. The first-order chi connectivity index (χ1) is 25.9. The molecule has 6 aromatic carbocycles. The lowest BCUT2D eigenvalue weighted by atomic mass is 9.85. The number of fused-ring (bicyclic) bond motifs is 4. The SMILES string of the molecule is CC(C)c1cccc(C(C)C)c1-c1ccnc(-n2c3ccccc3c3ccc(Oc4cccc(N5CN(c6ccccc6)c6ccccc65)c4)cc32)c1. The van der Waals surface area contributed by atoms with Crippen LogP contribution in [0.1, 0.15) is 50.7 Å². The molecule has 5 nitrogen and oxygen atoms in total. The first-order valence-electron chi connectivity index (χ1n) is 18.5. The van der Waals surface area contributed by atoms with Crippen molar-refractivity contribution in [3.63, 3.8) is 0 Å². The van der Waals surface area contributed by atoms with E-state index in [2.05, 4.69) is 188 Å². The topological polar surface area (TPSA) is 33.5 Å². The fraction of sp³-hybridized carbons (Fsp3) is 0.146. The normalized spacial score (nSPS) is 12.7. The Labute approximate surface area is 311 Å². The van der Waals surface area contributed by atoms with Crippen molar-refractivity contribution in [2.75, 3.05) is 16.5 Å². The summed E-state index contributed by atoms with van der Waals surface area (Å²) in [7, 11) is 0. The number of rotatable bonds is 8. The van der Waals surface area contributed by atoms with Gasteiger partial charge in [0, 0.05) is 40.5 Å². The molecule has 0 aliphatic carbocycles. The molecule has 1 aliphatic heterocycles. The highest BCUT2D eigenvalue weighted by molar-refractivity contribution is 6.09. The van der Waals surface area contributed by atoms with E-state index >= 15 is 0 Å². The lowest BCUT2D eigenvalue weighted by Crippen LogP contribution is -2.23. The van der Waals surface area contributed by atoms with Crippen molar-refractivity contribution in [1.29, 1.82) is 0 Å². The van der Waals surface area contributed by atoms with Crippen LogP contribution in [0, 0.1) is 0 Å². The average molecular weight is 691 g/mol. The lowest BCUT2D eigenvalue weighted by molar-refractivity contribution is 0.483. The Morgan fingerprint density at radius 3 is 1.91 bits per heavy atom. The van der Waals surface area contributed by atoms with Gasteiger partial charge in [0.25, 0.3) is 0 Å². The van der Waals surface area contributed by atoms with Crippen LogP contribution in [0.15, 0.2) is 158 Å². The summed E-state index contributed by atoms with van der Waals surface area (Å²) in [4.78, 5) is 9.68. The van der Waals surface area contributed by atoms with Crippen LogP contribution in [0.3, 0.4) is 0 Å². The number of hydrogen-bond donors (Lipinski definition) is 0. The summed E-state index contributed by atoms with van der Waals surface area (Å²) >= 11 is 0. The highest BCUT2D eigenvalue weighted by Gasteiger charge is 2.28. The molecule has 0 N–H and O–H groups in total. The molecule has 0 radical (unpaired) electrons. The molecule has 5 heteroatoms. The number of hydrogen-bond acceptors (Lipinski definition) is 4. The molecule has 0 amide bonds. The Kier molecular flexibility index (Phi) is 8.19. The van der Waals surface area contributed by atoms with Gasteiger partial charge in [-0.1, -0.05) is 100 Å². The minimum absolute atomic E-state index is 0.398. The number of benzene rings is 6. The Hall–Kier alpha value is -6.33. The van der Waals surface area contributed by atoms with Crippen molar-refractivity contribution in [2.45, 2.75) is 39.5 Å². The average Bonchev–Trinajstić information content (AvgIpc) is 3.74.